The smallest absolute Gasteiger partial charge is 0.184 e. The van der Waals surface area contributed by atoms with Crippen molar-refractivity contribution in [2.45, 2.75) is 18.9 Å². The van der Waals surface area contributed by atoms with Crippen molar-refractivity contribution >= 4 is 35.1 Å². The Morgan fingerprint density at radius 2 is 2.39 bits per heavy atom. The number of hydrogen-bond acceptors (Lipinski definition) is 3. The van der Waals surface area contributed by atoms with Crippen LogP contribution in [-0.4, -0.2) is 17.4 Å². The number of hydrogen-bond donors (Lipinski definition) is 2. The number of thiocarbonyl (C=S) groups is 1. The van der Waals surface area contributed by atoms with Gasteiger partial charge < -0.3 is 10.5 Å². The molecule has 2 rings (SSSR count). The quantitative estimate of drug-likeness (QED) is 0.473. The van der Waals surface area contributed by atoms with Gasteiger partial charge >= 0.3 is 0 Å². The Labute approximate surface area is 116 Å². The lowest BCUT2D eigenvalue weighted by Gasteiger charge is -2.21. The molecule has 0 fully saturated rings. The minimum Gasteiger partial charge on any atom is -0.488 e. The van der Waals surface area contributed by atoms with E-state index in [4.69, 9.17) is 22.1 Å². The first kappa shape index (κ1) is 13.1. The Morgan fingerprint density at radius 3 is 3.06 bits per heavy atom. The Balaban J connectivity index is 1.82. The Kier molecular flexibility index (Phi) is 4.38. The monoisotopic (exact) mass is 283 g/mol. The molecule has 1 aliphatic carbocycles. The third kappa shape index (κ3) is 3.58. The van der Waals surface area contributed by atoms with Gasteiger partial charge in [-0.3, -0.25) is 5.43 Å². The van der Waals surface area contributed by atoms with Gasteiger partial charge in [-0.25, -0.2) is 0 Å². The highest BCUT2D eigenvalue weighted by Gasteiger charge is 2.25. The van der Waals surface area contributed by atoms with Gasteiger partial charge in [0.15, 0.2) is 5.11 Å². The van der Waals surface area contributed by atoms with Crippen molar-refractivity contribution in [2.24, 2.45) is 16.8 Å². The van der Waals surface area contributed by atoms with Crippen LogP contribution >= 0.6 is 23.8 Å². The number of nitrogens with two attached hydrogens (primary N) is 1. The Hall–Kier alpha value is -1.33. The van der Waals surface area contributed by atoms with Gasteiger partial charge in [0.05, 0.1) is 6.21 Å². The second kappa shape index (κ2) is 6.02. The first-order valence-electron chi connectivity index (χ1n) is 5.64. The summed E-state index contributed by atoms with van der Waals surface area (Å²) < 4.78 is 5.78. The molecule has 4 nitrogen and oxygen atoms in total. The summed E-state index contributed by atoms with van der Waals surface area (Å²) in [6.07, 6.45) is 11.5. The van der Waals surface area contributed by atoms with Crippen LogP contribution in [-0.2, 0) is 4.74 Å². The van der Waals surface area contributed by atoms with E-state index in [0.717, 1.165) is 23.6 Å². The van der Waals surface area contributed by atoms with Gasteiger partial charge in [0.1, 0.15) is 11.9 Å². The van der Waals surface area contributed by atoms with Crippen LogP contribution in [0.4, 0.5) is 0 Å². The summed E-state index contributed by atoms with van der Waals surface area (Å²) in [5.74, 6) is 1.09. The van der Waals surface area contributed by atoms with E-state index in [1.807, 2.05) is 18.2 Å². The van der Waals surface area contributed by atoms with Crippen molar-refractivity contribution < 1.29 is 4.74 Å². The van der Waals surface area contributed by atoms with Crippen LogP contribution in [0.2, 0.25) is 0 Å². The van der Waals surface area contributed by atoms with Gasteiger partial charge in [-0.15, -0.1) is 0 Å². The number of nitrogens with one attached hydrogen (secondary N) is 1. The molecule has 18 heavy (non-hydrogen) atoms. The fourth-order valence-electron chi connectivity index (χ4n) is 1.89. The normalized spacial score (nSPS) is 26.7. The summed E-state index contributed by atoms with van der Waals surface area (Å²) in [6, 6.07) is 0. The highest BCUT2D eigenvalue weighted by atomic mass is 35.5. The van der Waals surface area contributed by atoms with E-state index >= 15 is 0 Å². The summed E-state index contributed by atoms with van der Waals surface area (Å²) in [5, 5.41) is 4.79. The van der Waals surface area contributed by atoms with Crippen molar-refractivity contribution in [3.05, 3.63) is 35.1 Å². The highest BCUT2D eigenvalue weighted by molar-refractivity contribution is 7.80. The number of halogens is 1. The molecule has 2 atom stereocenters. The zero-order valence-corrected chi connectivity index (χ0v) is 11.2. The van der Waals surface area contributed by atoms with E-state index in [1.54, 1.807) is 6.21 Å². The summed E-state index contributed by atoms with van der Waals surface area (Å²) >= 11 is 10.5. The Morgan fingerprint density at radius 1 is 1.56 bits per heavy atom. The fraction of sp³-hybridized carbons (Fsp3) is 0.333. The van der Waals surface area contributed by atoms with Crippen LogP contribution in [0.5, 0.6) is 0 Å². The standard InChI is InChI=1S/C12H14ClN3OS/c13-9-3-1-8(2-4-9)11-6-5-10(17-11)7-15-16-12(14)18/h1,3-5,7-8,11H,2,6H2,(H3,14,16,18)/b15-7+. The van der Waals surface area contributed by atoms with Gasteiger partial charge in [-0.2, -0.15) is 5.10 Å². The average Bonchev–Trinajstić information content (AvgIpc) is 2.78. The number of hydrazone groups is 1. The third-order valence-electron chi connectivity index (χ3n) is 2.77. The largest absolute Gasteiger partial charge is 0.488 e. The molecule has 1 aliphatic heterocycles. The lowest BCUT2D eigenvalue weighted by atomic mass is 9.93. The number of allylic oxidation sites excluding steroid dienone is 4. The molecule has 0 aromatic heterocycles. The molecular weight excluding hydrogens is 270 g/mol. The minimum absolute atomic E-state index is 0.136. The fourth-order valence-corrected chi connectivity index (χ4v) is 2.11. The molecule has 2 aliphatic rings. The number of nitrogens with zero attached hydrogens (tertiary/aromatic N) is 1. The lowest BCUT2D eigenvalue weighted by Crippen LogP contribution is -2.24. The highest BCUT2D eigenvalue weighted by Crippen LogP contribution is 2.29. The van der Waals surface area contributed by atoms with Crippen molar-refractivity contribution in [3.8, 4) is 0 Å². The van der Waals surface area contributed by atoms with Crippen molar-refractivity contribution in [2.75, 3.05) is 0 Å². The maximum Gasteiger partial charge on any atom is 0.184 e. The summed E-state index contributed by atoms with van der Waals surface area (Å²) in [5.41, 5.74) is 7.74. The van der Waals surface area contributed by atoms with E-state index in [-0.39, 0.29) is 11.2 Å². The Bertz CT molecular complexity index is 456. The first-order chi connectivity index (χ1) is 8.65. The predicted molar refractivity (Wildman–Crippen MR) is 77.2 cm³/mol. The van der Waals surface area contributed by atoms with E-state index in [0.29, 0.717) is 5.92 Å². The zero-order valence-electron chi connectivity index (χ0n) is 9.67. The second-order valence-electron chi connectivity index (χ2n) is 4.08. The molecule has 0 aromatic carbocycles. The lowest BCUT2D eigenvalue weighted by molar-refractivity contribution is 0.119. The van der Waals surface area contributed by atoms with E-state index in [9.17, 15) is 0 Å². The van der Waals surface area contributed by atoms with Crippen LogP contribution < -0.4 is 11.2 Å². The molecule has 0 amide bonds. The minimum atomic E-state index is 0.136. The predicted octanol–water partition coefficient (Wildman–Crippen LogP) is 2.18. The van der Waals surface area contributed by atoms with Crippen LogP contribution in [0.3, 0.4) is 0 Å². The van der Waals surface area contributed by atoms with Crippen LogP contribution in [0.1, 0.15) is 12.8 Å². The molecule has 3 N–H and O–H groups in total. The molecule has 0 bridgehead atoms. The number of ether oxygens (including phenoxy) is 1. The van der Waals surface area contributed by atoms with Gasteiger partial charge in [-0.05, 0) is 30.8 Å². The van der Waals surface area contributed by atoms with Gasteiger partial charge in [-0.1, -0.05) is 23.8 Å². The molecular formula is C12H14ClN3OS. The summed E-state index contributed by atoms with van der Waals surface area (Å²) in [4.78, 5) is 0. The topological polar surface area (TPSA) is 59.6 Å². The van der Waals surface area contributed by atoms with Crippen LogP contribution in [0.15, 0.2) is 40.2 Å². The van der Waals surface area contributed by atoms with Gasteiger partial charge in [0.25, 0.3) is 0 Å². The molecule has 0 saturated heterocycles. The molecule has 96 valence electrons. The van der Waals surface area contributed by atoms with E-state index in [1.165, 1.54) is 0 Å². The molecule has 0 spiro atoms. The third-order valence-corrected chi connectivity index (χ3v) is 3.14. The number of rotatable bonds is 3. The van der Waals surface area contributed by atoms with E-state index in [2.05, 4.69) is 28.8 Å². The SMILES string of the molecule is NC(=S)N/N=C/C1=CCC(C2C=CC(Cl)=CC2)O1. The molecule has 6 heteroatoms. The molecule has 2 unspecified atom stereocenters. The van der Waals surface area contributed by atoms with Crippen LogP contribution in [0, 0.1) is 5.92 Å². The van der Waals surface area contributed by atoms with Crippen molar-refractivity contribution in [1.82, 2.24) is 5.43 Å². The maximum absolute atomic E-state index is 5.88. The maximum atomic E-state index is 5.88. The summed E-state index contributed by atoms with van der Waals surface area (Å²) in [6.45, 7) is 0. The van der Waals surface area contributed by atoms with Crippen molar-refractivity contribution in [1.29, 1.82) is 0 Å². The molecule has 0 aromatic rings. The molecule has 0 radical (unpaired) electrons. The van der Waals surface area contributed by atoms with Crippen LogP contribution in [0.25, 0.3) is 0 Å². The molecule has 1 heterocycles. The zero-order chi connectivity index (χ0) is 13.0. The summed E-state index contributed by atoms with van der Waals surface area (Å²) in [7, 11) is 0. The molecule has 0 saturated carbocycles. The second-order valence-corrected chi connectivity index (χ2v) is 4.96. The van der Waals surface area contributed by atoms with Gasteiger partial charge in [0, 0.05) is 17.4 Å². The average molecular weight is 284 g/mol. The van der Waals surface area contributed by atoms with Gasteiger partial charge in [0.2, 0.25) is 0 Å². The van der Waals surface area contributed by atoms with Crippen molar-refractivity contribution in [3.63, 3.8) is 0 Å². The van der Waals surface area contributed by atoms with E-state index < -0.39 is 0 Å². The first-order valence-corrected chi connectivity index (χ1v) is 6.43.